The van der Waals surface area contributed by atoms with Crippen molar-refractivity contribution in [2.75, 3.05) is 31.1 Å². The minimum atomic E-state index is 0.509. The summed E-state index contributed by atoms with van der Waals surface area (Å²) in [6.07, 6.45) is 8.78. The Morgan fingerprint density at radius 3 is 2.56 bits per heavy atom. The van der Waals surface area contributed by atoms with Gasteiger partial charge in [0.15, 0.2) is 5.13 Å². The topological polar surface area (TPSA) is 19.4 Å². The highest BCUT2D eigenvalue weighted by Crippen LogP contribution is 2.48. The van der Waals surface area contributed by atoms with Gasteiger partial charge in [0, 0.05) is 43.8 Å². The van der Waals surface area contributed by atoms with Gasteiger partial charge in [-0.2, -0.15) is 0 Å². The second-order valence-electron chi connectivity index (χ2n) is 8.27. The number of hydrogen-bond donors (Lipinski definition) is 0. The summed E-state index contributed by atoms with van der Waals surface area (Å²) in [5.74, 6) is 0.710. The highest BCUT2D eigenvalue weighted by molar-refractivity contribution is 7.13. The first-order valence-electron chi connectivity index (χ1n) is 9.75. The summed E-state index contributed by atoms with van der Waals surface area (Å²) < 4.78 is 0. The Morgan fingerprint density at radius 1 is 1.08 bits per heavy atom. The van der Waals surface area contributed by atoms with E-state index < -0.39 is 0 Å². The zero-order valence-electron chi connectivity index (χ0n) is 14.8. The van der Waals surface area contributed by atoms with Crippen LogP contribution >= 0.6 is 11.3 Å². The van der Waals surface area contributed by atoms with E-state index >= 15 is 0 Å². The largest absolute Gasteiger partial charge is 0.348 e. The van der Waals surface area contributed by atoms with E-state index in [1.807, 2.05) is 6.20 Å². The van der Waals surface area contributed by atoms with E-state index in [0.29, 0.717) is 11.3 Å². The van der Waals surface area contributed by atoms with Crippen LogP contribution in [0.15, 0.2) is 41.9 Å². The van der Waals surface area contributed by atoms with Gasteiger partial charge in [0.2, 0.25) is 0 Å². The van der Waals surface area contributed by atoms with Gasteiger partial charge < -0.3 is 4.90 Å². The third kappa shape index (κ3) is 3.22. The van der Waals surface area contributed by atoms with Crippen LogP contribution in [0.3, 0.4) is 0 Å². The van der Waals surface area contributed by atoms with Gasteiger partial charge in [0.05, 0.1) is 0 Å². The molecule has 0 amide bonds. The summed E-state index contributed by atoms with van der Waals surface area (Å²) in [4.78, 5) is 9.86. The number of hydrogen-bond acceptors (Lipinski definition) is 4. The Labute approximate surface area is 154 Å². The van der Waals surface area contributed by atoms with Crippen molar-refractivity contribution in [3.63, 3.8) is 0 Å². The molecule has 2 aromatic rings. The number of nitrogens with zero attached hydrogens (tertiary/aromatic N) is 3. The van der Waals surface area contributed by atoms with E-state index in [1.165, 1.54) is 63.4 Å². The average molecular weight is 354 g/mol. The Bertz CT molecular complexity index is 687. The van der Waals surface area contributed by atoms with Crippen molar-refractivity contribution in [2.45, 2.75) is 44.1 Å². The van der Waals surface area contributed by atoms with Gasteiger partial charge in [-0.1, -0.05) is 30.3 Å². The molecule has 1 aromatic heterocycles. The molecular weight excluding hydrogens is 326 g/mol. The molecule has 2 saturated heterocycles. The first-order chi connectivity index (χ1) is 12.3. The standard InChI is InChI=1S/C21H27N3S/c1-2-4-17(5-3-1)18-14-21(16-24(15-18)19-6-7-19)8-11-23(12-9-21)20-22-10-13-25-20/h1-5,10,13,18-19H,6-9,11-12,14-16H2. The maximum atomic E-state index is 4.52. The van der Waals surface area contributed by atoms with Gasteiger partial charge >= 0.3 is 0 Å². The van der Waals surface area contributed by atoms with Gasteiger partial charge in [0.25, 0.3) is 0 Å². The zero-order chi connectivity index (χ0) is 16.7. The Morgan fingerprint density at radius 2 is 1.88 bits per heavy atom. The molecule has 1 saturated carbocycles. The number of rotatable bonds is 3. The summed E-state index contributed by atoms with van der Waals surface area (Å²) in [5.41, 5.74) is 2.06. The normalized spacial score (nSPS) is 26.9. The van der Waals surface area contributed by atoms with E-state index in [-0.39, 0.29) is 0 Å². The fraction of sp³-hybridized carbons (Fsp3) is 0.571. The van der Waals surface area contributed by atoms with Crippen molar-refractivity contribution in [3.05, 3.63) is 47.5 Å². The van der Waals surface area contributed by atoms with Crippen LogP contribution in [0, 0.1) is 5.41 Å². The number of aromatic nitrogens is 1. The Hall–Kier alpha value is -1.39. The molecule has 1 atom stereocenters. The molecule has 1 aliphatic carbocycles. The molecule has 1 aromatic carbocycles. The summed E-state index contributed by atoms with van der Waals surface area (Å²) in [7, 11) is 0. The van der Waals surface area contributed by atoms with Crippen molar-refractivity contribution >= 4 is 16.5 Å². The molecule has 3 nitrogen and oxygen atoms in total. The minimum absolute atomic E-state index is 0.509. The summed E-state index contributed by atoms with van der Waals surface area (Å²) in [6, 6.07) is 12.1. The molecule has 0 N–H and O–H groups in total. The second kappa shape index (κ2) is 6.40. The lowest BCUT2D eigenvalue weighted by Crippen LogP contribution is -2.52. The minimum Gasteiger partial charge on any atom is -0.348 e. The molecule has 0 radical (unpaired) electrons. The van der Waals surface area contributed by atoms with Crippen LogP contribution in [0.1, 0.15) is 43.6 Å². The van der Waals surface area contributed by atoms with Crippen LogP contribution < -0.4 is 4.90 Å². The highest BCUT2D eigenvalue weighted by atomic mass is 32.1. The molecule has 4 heteroatoms. The van der Waals surface area contributed by atoms with Crippen LogP contribution in [-0.2, 0) is 0 Å². The fourth-order valence-electron chi connectivity index (χ4n) is 5.00. The van der Waals surface area contributed by atoms with Crippen molar-refractivity contribution in [1.29, 1.82) is 0 Å². The van der Waals surface area contributed by atoms with Crippen LogP contribution in [0.5, 0.6) is 0 Å². The average Bonchev–Trinajstić information content (AvgIpc) is 3.38. The maximum Gasteiger partial charge on any atom is 0.185 e. The van der Waals surface area contributed by atoms with Crippen LogP contribution in [0.2, 0.25) is 0 Å². The molecular formula is C21H27N3S. The predicted molar refractivity (Wildman–Crippen MR) is 104 cm³/mol. The SMILES string of the molecule is c1ccc(C2CN(C3CC3)CC3(CCN(c4nccs4)CC3)C2)cc1. The number of likely N-dealkylation sites (tertiary alicyclic amines) is 1. The molecule has 1 spiro atoms. The smallest absolute Gasteiger partial charge is 0.185 e. The quantitative estimate of drug-likeness (QED) is 0.816. The van der Waals surface area contributed by atoms with Crippen molar-refractivity contribution in [3.8, 4) is 0 Å². The first-order valence-corrected chi connectivity index (χ1v) is 10.6. The number of anilines is 1. The zero-order valence-corrected chi connectivity index (χ0v) is 15.6. The molecule has 0 bridgehead atoms. The molecule has 2 aliphatic heterocycles. The van der Waals surface area contributed by atoms with Gasteiger partial charge in [-0.15, -0.1) is 11.3 Å². The number of benzene rings is 1. The molecule has 3 fully saturated rings. The van der Waals surface area contributed by atoms with Crippen LogP contribution in [-0.4, -0.2) is 42.1 Å². The third-order valence-electron chi connectivity index (χ3n) is 6.52. The Balaban J connectivity index is 1.35. The first kappa shape index (κ1) is 15.8. The lowest BCUT2D eigenvalue weighted by Gasteiger charge is -2.50. The van der Waals surface area contributed by atoms with E-state index in [9.17, 15) is 0 Å². The van der Waals surface area contributed by atoms with Gasteiger partial charge in [0.1, 0.15) is 0 Å². The molecule has 1 unspecified atom stereocenters. The molecule has 3 aliphatic rings. The second-order valence-corrected chi connectivity index (χ2v) is 9.15. The molecule has 5 rings (SSSR count). The number of thiazole rings is 1. The predicted octanol–water partition coefficient (Wildman–Crippen LogP) is 4.38. The number of piperidine rings is 2. The van der Waals surface area contributed by atoms with E-state index in [2.05, 4.69) is 50.5 Å². The Kier molecular flexibility index (Phi) is 4.05. The fourth-order valence-corrected chi connectivity index (χ4v) is 5.70. The van der Waals surface area contributed by atoms with E-state index in [1.54, 1.807) is 16.9 Å². The molecule has 3 heterocycles. The van der Waals surface area contributed by atoms with Crippen LogP contribution in [0.25, 0.3) is 0 Å². The summed E-state index contributed by atoms with van der Waals surface area (Å²) in [6.45, 7) is 4.94. The van der Waals surface area contributed by atoms with Crippen LogP contribution in [0.4, 0.5) is 5.13 Å². The van der Waals surface area contributed by atoms with Gasteiger partial charge in [-0.25, -0.2) is 4.98 Å². The van der Waals surface area contributed by atoms with Gasteiger partial charge in [-0.05, 0) is 49.0 Å². The van der Waals surface area contributed by atoms with Crippen molar-refractivity contribution < 1.29 is 0 Å². The third-order valence-corrected chi connectivity index (χ3v) is 7.35. The van der Waals surface area contributed by atoms with Crippen molar-refractivity contribution in [2.24, 2.45) is 5.41 Å². The summed E-state index contributed by atoms with van der Waals surface area (Å²) >= 11 is 1.78. The molecule has 25 heavy (non-hydrogen) atoms. The monoisotopic (exact) mass is 353 g/mol. The van der Waals surface area contributed by atoms with E-state index in [0.717, 1.165) is 6.04 Å². The maximum absolute atomic E-state index is 4.52. The highest BCUT2D eigenvalue weighted by Gasteiger charge is 2.45. The van der Waals surface area contributed by atoms with Gasteiger partial charge in [-0.3, -0.25) is 4.90 Å². The van der Waals surface area contributed by atoms with E-state index in [4.69, 9.17) is 0 Å². The lowest BCUT2D eigenvalue weighted by molar-refractivity contribution is 0.0461. The van der Waals surface area contributed by atoms with Crippen molar-refractivity contribution in [1.82, 2.24) is 9.88 Å². The molecule has 132 valence electrons. The lowest BCUT2D eigenvalue weighted by atomic mass is 9.68. The summed E-state index contributed by atoms with van der Waals surface area (Å²) in [5, 5.41) is 3.31.